The van der Waals surface area contributed by atoms with Gasteiger partial charge in [0.05, 0.1) is 0 Å². The maximum absolute atomic E-state index is 12.5. The van der Waals surface area contributed by atoms with Crippen LogP contribution in [0.15, 0.2) is 60.7 Å². The number of carbonyl (C=O) groups excluding carboxylic acids is 3. The summed E-state index contributed by atoms with van der Waals surface area (Å²) < 4.78 is 5.11. The normalized spacial score (nSPS) is 11.3. The summed E-state index contributed by atoms with van der Waals surface area (Å²) >= 11 is 0. The van der Waals surface area contributed by atoms with Crippen molar-refractivity contribution in [1.82, 2.24) is 10.6 Å². The first-order valence-corrected chi connectivity index (χ1v) is 8.93. The molecule has 0 heterocycles. The van der Waals surface area contributed by atoms with Crippen molar-refractivity contribution in [3.05, 3.63) is 71.8 Å². The molecule has 27 heavy (non-hydrogen) atoms. The lowest BCUT2D eigenvalue weighted by Crippen LogP contribution is -2.44. The average molecular weight is 368 g/mol. The number of hydrogen-bond acceptors (Lipinski definition) is 4. The zero-order chi connectivity index (χ0) is 19.5. The van der Waals surface area contributed by atoms with E-state index in [1.807, 2.05) is 37.3 Å². The molecule has 2 amide bonds. The Balaban J connectivity index is 2.03. The number of ether oxygens (including phenoxy) is 1. The largest absolute Gasteiger partial charge is 0.454 e. The van der Waals surface area contributed by atoms with Crippen molar-refractivity contribution in [3.8, 4) is 0 Å². The lowest BCUT2D eigenvalue weighted by Gasteiger charge is -2.18. The number of nitrogens with one attached hydrogen (secondary N) is 2. The van der Waals surface area contributed by atoms with Gasteiger partial charge in [-0.3, -0.25) is 9.59 Å². The predicted molar refractivity (Wildman–Crippen MR) is 102 cm³/mol. The second-order valence-electron chi connectivity index (χ2n) is 6.04. The fourth-order valence-electron chi connectivity index (χ4n) is 2.43. The summed E-state index contributed by atoms with van der Waals surface area (Å²) in [5.41, 5.74) is 1.33. The van der Waals surface area contributed by atoms with Crippen LogP contribution in [0.25, 0.3) is 0 Å². The molecule has 0 aliphatic heterocycles. The number of hydrogen-bond donors (Lipinski definition) is 2. The number of amides is 2. The van der Waals surface area contributed by atoms with Crippen LogP contribution in [0.2, 0.25) is 0 Å². The van der Waals surface area contributed by atoms with Crippen LogP contribution in [0.4, 0.5) is 0 Å². The highest BCUT2D eigenvalue weighted by Gasteiger charge is 2.24. The molecule has 0 saturated carbocycles. The minimum Gasteiger partial charge on any atom is -0.454 e. The number of rotatable bonds is 9. The highest BCUT2D eigenvalue weighted by Crippen LogP contribution is 2.07. The van der Waals surface area contributed by atoms with Gasteiger partial charge in [-0.1, -0.05) is 55.5 Å². The molecule has 2 N–H and O–H groups in total. The van der Waals surface area contributed by atoms with Gasteiger partial charge in [0.2, 0.25) is 0 Å². The quantitative estimate of drug-likeness (QED) is 0.664. The number of benzene rings is 2. The SMILES string of the molecule is CCCNC(=O)COC(=O)[C@H](Cc1ccccc1)NC(=O)c1ccccc1. The van der Waals surface area contributed by atoms with Gasteiger partial charge in [0.1, 0.15) is 6.04 Å². The molecular formula is C21H24N2O4. The third-order valence-electron chi connectivity index (χ3n) is 3.83. The molecule has 0 saturated heterocycles. The van der Waals surface area contributed by atoms with Gasteiger partial charge in [0.15, 0.2) is 6.61 Å². The molecule has 1 atom stereocenters. The van der Waals surface area contributed by atoms with Crippen LogP contribution in [0, 0.1) is 0 Å². The van der Waals surface area contributed by atoms with Crippen molar-refractivity contribution >= 4 is 17.8 Å². The van der Waals surface area contributed by atoms with Crippen molar-refractivity contribution in [3.63, 3.8) is 0 Å². The van der Waals surface area contributed by atoms with Crippen molar-refractivity contribution in [2.45, 2.75) is 25.8 Å². The summed E-state index contributed by atoms with van der Waals surface area (Å²) in [5, 5.41) is 5.34. The van der Waals surface area contributed by atoms with E-state index in [0.717, 1.165) is 12.0 Å². The summed E-state index contributed by atoms with van der Waals surface area (Å²) in [6, 6.07) is 17.1. The molecule has 0 unspecified atom stereocenters. The molecule has 0 spiro atoms. The van der Waals surface area contributed by atoms with E-state index in [1.54, 1.807) is 30.3 Å². The first-order valence-electron chi connectivity index (χ1n) is 8.93. The van der Waals surface area contributed by atoms with Crippen molar-refractivity contribution < 1.29 is 19.1 Å². The molecule has 142 valence electrons. The number of esters is 1. The lowest BCUT2D eigenvalue weighted by atomic mass is 10.1. The minimum absolute atomic E-state index is 0.273. The Labute approximate surface area is 158 Å². The predicted octanol–water partition coefficient (Wildman–Crippen LogP) is 2.10. The summed E-state index contributed by atoms with van der Waals surface area (Å²) in [4.78, 5) is 36.6. The van der Waals surface area contributed by atoms with E-state index in [0.29, 0.717) is 12.1 Å². The standard InChI is InChI=1S/C21H24N2O4/c1-2-13-22-19(24)15-27-21(26)18(14-16-9-5-3-6-10-16)23-20(25)17-11-7-4-8-12-17/h3-12,18H,2,13-15H2,1H3,(H,22,24)(H,23,25)/t18-/m0/s1. The van der Waals surface area contributed by atoms with Crippen molar-refractivity contribution in [1.29, 1.82) is 0 Å². The zero-order valence-corrected chi connectivity index (χ0v) is 15.3. The third kappa shape index (κ3) is 6.93. The Morgan fingerprint density at radius 2 is 1.59 bits per heavy atom. The highest BCUT2D eigenvalue weighted by molar-refractivity contribution is 5.97. The zero-order valence-electron chi connectivity index (χ0n) is 15.3. The maximum atomic E-state index is 12.5. The van der Waals surface area contributed by atoms with E-state index in [2.05, 4.69) is 10.6 Å². The van der Waals surface area contributed by atoms with E-state index in [9.17, 15) is 14.4 Å². The summed E-state index contributed by atoms with van der Waals surface area (Å²) in [6.45, 7) is 2.08. The van der Waals surface area contributed by atoms with Crippen LogP contribution in [0.5, 0.6) is 0 Å². The summed E-state index contributed by atoms with van der Waals surface area (Å²) in [5.74, 6) is -1.38. The Kier molecular flexibility index (Phi) is 8.03. The summed E-state index contributed by atoms with van der Waals surface area (Å²) in [7, 11) is 0. The number of carbonyl (C=O) groups is 3. The van der Waals surface area contributed by atoms with Crippen molar-refractivity contribution in [2.75, 3.05) is 13.2 Å². The summed E-state index contributed by atoms with van der Waals surface area (Å²) in [6.07, 6.45) is 1.07. The third-order valence-corrected chi connectivity index (χ3v) is 3.83. The first-order chi connectivity index (χ1) is 13.1. The molecule has 0 aliphatic rings. The van der Waals surface area contributed by atoms with Gasteiger partial charge in [0.25, 0.3) is 11.8 Å². The van der Waals surface area contributed by atoms with Crippen LogP contribution >= 0.6 is 0 Å². The Bertz CT molecular complexity index is 747. The van der Waals surface area contributed by atoms with E-state index < -0.39 is 12.0 Å². The molecule has 6 nitrogen and oxygen atoms in total. The molecule has 2 aromatic rings. The van der Waals surface area contributed by atoms with E-state index in [1.165, 1.54) is 0 Å². The van der Waals surface area contributed by atoms with Crippen LogP contribution in [0.1, 0.15) is 29.3 Å². The van der Waals surface area contributed by atoms with Crippen LogP contribution in [0.3, 0.4) is 0 Å². The molecular weight excluding hydrogens is 344 g/mol. The van der Waals surface area contributed by atoms with Gasteiger partial charge < -0.3 is 15.4 Å². The van der Waals surface area contributed by atoms with Crippen LogP contribution in [-0.4, -0.2) is 37.0 Å². The van der Waals surface area contributed by atoms with Gasteiger partial charge in [-0.05, 0) is 24.1 Å². The second kappa shape index (κ2) is 10.8. The minimum atomic E-state index is -0.890. The highest BCUT2D eigenvalue weighted by atomic mass is 16.5. The van der Waals surface area contributed by atoms with Gasteiger partial charge >= 0.3 is 5.97 Å². The lowest BCUT2D eigenvalue weighted by molar-refractivity contribution is -0.150. The average Bonchev–Trinajstić information content (AvgIpc) is 2.71. The Morgan fingerprint density at radius 1 is 0.963 bits per heavy atom. The molecule has 0 aliphatic carbocycles. The molecule has 0 fully saturated rings. The van der Waals surface area contributed by atoms with Crippen LogP contribution in [-0.2, 0) is 20.7 Å². The molecule has 6 heteroatoms. The topological polar surface area (TPSA) is 84.5 Å². The fraction of sp³-hybridized carbons (Fsp3) is 0.286. The van der Waals surface area contributed by atoms with Gasteiger partial charge in [0, 0.05) is 18.5 Å². The second-order valence-corrected chi connectivity index (χ2v) is 6.04. The molecule has 0 bridgehead atoms. The van der Waals surface area contributed by atoms with E-state index in [-0.39, 0.29) is 24.8 Å². The first kappa shape index (κ1) is 20.2. The van der Waals surface area contributed by atoms with Gasteiger partial charge in [-0.15, -0.1) is 0 Å². The molecule has 2 aromatic carbocycles. The fourth-order valence-corrected chi connectivity index (χ4v) is 2.43. The Hall–Kier alpha value is -3.15. The van der Waals surface area contributed by atoms with E-state index >= 15 is 0 Å². The van der Waals surface area contributed by atoms with Crippen LogP contribution < -0.4 is 10.6 Å². The van der Waals surface area contributed by atoms with E-state index in [4.69, 9.17) is 4.74 Å². The van der Waals surface area contributed by atoms with Gasteiger partial charge in [-0.25, -0.2) is 4.79 Å². The monoisotopic (exact) mass is 368 g/mol. The van der Waals surface area contributed by atoms with Gasteiger partial charge in [-0.2, -0.15) is 0 Å². The Morgan fingerprint density at radius 3 is 2.22 bits per heavy atom. The molecule has 0 radical (unpaired) electrons. The smallest absolute Gasteiger partial charge is 0.329 e. The van der Waals surface area contributed by atoms with Crippen molar-refractivity contribution in [2.24, 2.45) is 0 Å². The molecule has 2 rings (SSSR count). The maximum Gasteiger partial charge on any atom is 0.329 e. The molecule has 0 aromatic heterocycles.